The summed E-state index contributed by atoms with van der Waals surface area (Å²) in [7, 11) is 1.79. The Morgan fingerprint density at radius 1 is 1.40 bits per heavy atom. The van der Waals surface area contributed by atoms with Gasteiger partial charge in [-0.25, -0.2) is 4.98 Å². The topological polar surface area (TPSA) is 85.8 Å². The number of carbonyl (C=O) groups is 1. The van der Waals surface area contributed by atoms with Crippen LogP contribution in [0.1, 0.15) is 16.1 Å². The highest BCUT2D eigenvalue weighted by Crippen LogP contribution is 2.25. The van der Waals surface area contributed by atoms with E-state index in [9.17, 15) is 4.79 Å². The number of fused-ring (bicyclic) bond motifs is 1. The van der Waals surface area contributed by atoms with Crippen molar-refractivity contribution in [2.24, 2.45) is 7.05 Å². The summed E-state index contributed by atoms with van der Waals surface area (Å²) in [6.07, 6.45) is 0. The molecular weight excluding hydrogens is 274 g/mol. The molecule has 0 radical (unpaired) electrons. The highest BCUT2D eigenvalue weighted by molar-refractivity contribution is 7.22. The van der Waals surface area contributed by atoms with Crippen LogP contribution in [-0.4, -0.2) is 20.7 Å². The molecule has 0 saturated carbocycles. The van der Waals surface area contributed by atoms with Crippen LogP contribution in [-0.2, 0) is 7.05 Å². The number of aromatic nitrogens is 3. The Labute approximate surface area is 119 Å². The van der Waals surface area contributed by atoms with E-state index in [0.717, 1.165) is 15.9 Å². The summed E-state index contributed by atoms with van der Waals surface area (Å²) in [5.41, 5.74) is 7.89. The average Bonchev–Trinajstić information content (AvgIpc) is 2.90. The summed E-state index contributed by atoms with van der Waals surface area (Å²) >= 11 is 1.37. The van der Waals surface area contributed by atoms with Crippen molar-refractivity contribution in [3.63, 3.8) is 0 Å². The first-order chi connectivity index (χ1) is 9.52. The molecule has 0 aliphatic rings. The fourth-order valence-electron chi connectivity index (χ4n) is 2.00. The van der Waals surface area contributed by atoms with Gasteiger partial charge in [0.1, 0.15) is 5.82 Å². The maximum absolute atomic E-state index is 12.2. The Hall–Kier alpha value is -2.41. The van der Waals surface area contributed by atoms with Crippen LogP contribution in [0.3, 0.4) is 0 Å². The summed E-state index contributed by atoms with van der Waals surface area (Å²) in [4.78, 5) is 16.4. The van der Waals surface area contributed by atoms with Crippen LogP contribution in [0, 0.1) is 6.92 Å². The number of thiazole rings is 1. The number of hydrogen-bond donors (Lipinski definition) is 2. The molecule has 2 heterocycles. The Balaban J connectivity index is 1.90. The van der Waals surface area contributed by atoms with E-state index in [4.69, 9.17) is 5.73 Å². The molecule has 3 rings (SSSR count). The van der Waals surface area contributed by atoms with Crippen molar-refractivity contribution in [1.29, 1.82) is 0 Å². The van der Waals surface area contributed by atoms with Gasteiger partial charge in [-0.3, -0.25) is 9.48 Å². The molecule has 1 amide bonds. The second-order valence-corrected chi connectivity index (χ2v) is 5.55. The number of amides is 1. The van der Waals surface area contributed by atoms with Gasteiger partial charge in [0.15, 0.2) is 5.13 Å². The molecule has 0 unspecified atom stereocenters. The van der Waals surface area contributed by atoms with Crippen LogP contribution in [0.25, 0.3) is 10.2 Å². The average molecular weight is 287 g/mol. The Morgan fingerprint density at radius 3 is 2.90 bits per heavy atom. The third-order valence-electron chi connectivity index (χ3n) is 2.91. The predicted molar refractivity (Wildman–Crippen MR) is 79.9 cm³/mol. The van der Waals surface area contributed by atoms with E-state index in [2.05, 4.69) is 15.4 Å². The van der Waals surface area contributed by atoms with Gasteiger partial charge in [-0.15, -0.1) is 0 Å². The van der Waals surface area contributed by atoms with Crippen LogP contribution >= 0.6 is 11.3 Å². The molecule has 20 heavy (non-hydrogen) atoms. The van der Waals surface area contributed by atoms with Crippen molar-refractivity contribution in [3.05, 3.63) is 35.5 Å². The van der Waals surface area contributed by atoms with Crippen LogP contribution in [0.5, 0.6) is 0 Å². The van der Waals surface area contributed by atoms with Gasteiger partial charge in [-0.1, -0.05) is 11.3 Å². The molecule has 0 aliphatic heterocycles. The molecule has 3 aromatic rings. The van der Waals surface area contributed by atoms with Gasteiger partial charge < -0.3 is 11.1 Å². The lowest BCUT2D eigenvalue weighted by Crippen LogP contribution is -2.14. The molecule has 7 heteroatoms. The van der Waals surface area contributed by atoms with E-state index >= 15 is 0 Å². The monoisotopic (exact) mass is 287 g/mol. The smallest absolute Gasteiger partial charge is 0.256 e. The maximum atomic E-state index is 12.2. The minimum Gasteiger partial charge on any atom is -0.375 e. The van der Waals surface area contributed by atoms with Crippen LogP contribution in [0.2, 0.25) is 0 Å². The highest BCUT2D eigenvalue weighted by atomic mass is 32.1. The third-order valence-corrected chi connectivity index (χ3v) is 3.76. The number of anilines is 2. The molecule has 0 spiro atoms. The van der Waals surface area contributed by atoms with Gasteiger partial charge >= 0.3 is 0 Å². The number of carbonyl (C=O) groups excluding carboxylic acids is 1. The van der Waals surface area contributed by atoms with Crippen LogP contribution in [0.4, 0.5) is 10.9 Å². The van der Waals surface area contributed by atoms with Crippen molar-refractivity contribution in [3.8, 4) is 0 Å². The number of nitrogens with two attached hydrogens (primary N) is 1. The number of nitrogens with one attached hydrogen (secondary N) is 1. The molecule has 6 nitrogen and oxygen atoms in total. The second-order valence-electron chi connectivity index (χ2n) is 4.48. The Morgan fingerprint density at radius 2 is 2.20 bits per heavy atom. The fraction of sp³-hybridized carbons (Fsp3) is 0.154. The molecule has 0 atom stereocenters. The molecule has 2 aromatic heterocycles. The Kier molecular flexibility index (Phi) is 2.90. The van der Waals surface area contributed by atoms with Gasteiger partial charge in [-0.2, -0.15) is 5.10 Å². The number of benzene rings is 1. The summed E-state index contributed by atoms with van der Waals surface area (Å²) < 4.78 is 2.53. The third kappa shape index (κ3) is 2.23. The molecule has 0 saturated heterocycles. The van der Waals surface area contributed by atoms with E-state index in [1.54, 1.807) is 29.9 Å². The van der Waals surface area contributed by atoms with Crippen molar-refractivity contribution in [2.45, 2.75) is 6.92 Å². The molecule has 3 N–H and O–H groups in total. The van der Waals surface area contributed by atoms with E-state index in [1.165, 1.54) is 11.3 Å². The lowest BCUT2D eigenvalue weighted by molar-refractivity contribution is 0.102. The molecular formula is C13H13N5OS. The zero-order chi connectivity index (χ0) is 14.3. The van der Waals surface area contributed by atoms with Crippen molar-refractivity contribution in [2.75, 3.05) is 11.1 Å². The van der Waals surface area contributed by atoms with E-state index in [0.29, 0.717) is 16.5 Å². The summed E-state index contributed by atoms with van der Waals surface area (Å²) in [6.45, 7) is 1.88. The molecule has 102 valence electrons. The van der Waals surface area contributed by atoms with Crippen molar-refractivity contribution in [1.82, 2.24) is 14.8 Å². The van der Waals surface area contributed by atoms with Gasteiger partial charge in [0.05, 0.1) is 15.9 Å². The van der Waals surface area contributed by atoms with Gasteiger partial charge in [0.25, 0.3) is 5.91 Å². The lowest BCUT2D eigenvalue weighted by Gasteiger charge is -2.04. The summed E-state index contributed by atoms with van der Waals surface area (Å²) in [5.74, 6) is 0.485. The predicted octanol–water partition coefficient (Wildman–Crippen LogP) is 2.17. The quantitative estimate of drug-likeness (QED) is 0.756. The molecule has 1 aromatic carbocycles. The number of rotatable bonds is 2. The number of aryl methyl sites for hydroxylation is 2. The highest BCUT2D eigenvalue weighted by Gasteiger charge is 2.11. The summed E-state index contributed by atoms with van der Waals surface area (Å²) in [6, 6.07) is 7.15. The largest absolute Gasteiger partial charge is 0.375 e. The van der Waals surface area contributed by atoms with Gasteiger partial charge in [0.2, 0.25) is 0 Å². The van der Waals surface area contributed by atoms with Crippen LogP contribution in [0.15, 0.2) is 24.3 Å². The van der Waals surface area contributed by atoms with Crippen LogP contribution < -0.4 is 11.1 Å². The number of hydrogen-bond acceptors (Lipinski definition) is 5. The zero-order valence-electron chi connectivity index (χ0n) is 11.0. The minimum absolute atomic E-state index is 0.179. The first-order valence-electron chi connectivity index (χ1n) is 6.01. The summed E-state index contributed by atoms with van der Waals surface area (Å²) in [5, 5.41) is 7.52. The van der Waals surface area contributed by atoms with E-state index in [-0.39, 0.29) is 5.91 Å². The van der Waals surface area contributed by atoms with E-state index < -0.39 is 0 Å². The SMILES string of the molecule is Cc1cc(NC(=O)c2ccc3nc(N)sc3c2)n(C)n1. The molecule has 0 bridgehead atoms. The fourth-order valence-corrected chi connectivity index (χ4v) is 2.77. The molecule has 0 fully saturated rings. The lowest BCUT2D eigenvalue weighted by atomic mass is 10.2. The zero-order valence-corrected chi connectivity index (χ0v) is 11.9. The molecule has 0 aliphatic carbocycles. The first-order valence-corrected chi connectivity index (χ1v) is 6.82. The van der Waals surface area contributed by atoms with Crippen molar-refractivity contribution >= 4 is 38.4 Å². The second kappa shape index (κ2) is 4.61. The maximum Gasteiger partial charge on any atom is 0.256 e. The van der Waals surface area contributed by atoms with Gasteiger partial charge in [0, 0.05) is 18.7 Å². The normalized spacial score (nSPS) is 10.9. The van der Waals surface area contributed by atoms with Crippen molar-refractivity contribution < 1.29 is 4.79 Å². The van der Waals surface area contributed by atoms with Gasteiger partial charge in [-0.05, 0) is 25.1 Å². The standard InChI is InChI=1S/C13H13N5OS/c1-7-5-11(18(2)17-7)16-12(19)8-3-4-9-10(6-8)20-13(14)15-9/h3-6H,1-2H3,(H2,14,15)(H,16,19). The number of nitrogen functional groups attached to an aromatic ring is 1. The number of nitrogens with zero attached hydrogens (tertiary/aromatic N) is 3. The first kappa shape index (κ1) is 12.6. The minimum atomic E-state index is -0.179. The Bertz CT molecular complexity index is 804. The van der Waals surface area contributed by atoms with E-state index in [1.807, 2.05) is 13.0 Å².